The zero-order chi connectivity index (χ0) is 19.0. The first-order chi connectivity index (χ1) is 11.8. The molecule has 7 heteroatoms. The van der Waals surface area contributed by atoms with Crippen molar-refractivity contribution in [1.82, 2.24) is 5.32 Å². The van der Waals surface area contributed by atoms with Crippen LogP contribution in [0.2, 0.25) is 0 Å². The topological polar surface area (TPSA) is 90.9 Å². The minimum absolute atomic E-state index is 0.103. The normalized spacial score (nSPS) is 12.7. The Labute approximate surface area is 147 Å². The minimum atomic E-state index is -0.777. The molecule has 0 fully saturated rings. The van der Waals surface area contributed by atoms with Crippen molar-refractivity contribution in [3.8, 4) is 5.75 Å². The Kier molecular flexibility index (Phi) is 7.91. The fourth-order valence-electron chi connectivity index (χ4n) is 2.17. The smallest absolute Gasteiger partial charge is 0.338 e. The molecule has 2 atom stereocenters. The molecule has 7 nitrogen and oxygen atoms in total. The summed E-state index contributed by atoms with van der Waals surface area (Å²) in [6, 6.07) is 4.09. The van der Waals surface area contributed by atoms with E-state index in [0.29, 0.717) is 12.2 Å². The summed E-state index contributed by atoms with van der Waals surface area (Å²) < 4.78 is 14.8. The number of benzene rings is 1. The van der Waals surface area contributed by atoms with Crippen LogP contribution in [0.5, 0.6) is 5.75 Å². The number of ether oxygens (including phenoxy) is 3. The molecule has 0 unspecified atom stereocenters. The predicted molar refractivity (Wildman–Crippen MR) is 91.4 cm³/mol. The minimum Gasteiger partial charge on any atom is -0.496 e. The molecule has 138 valence electrons. The van der Waals surface area contributed by atoms with Gasteiger partial charge in [0.25, 0.3) is 5.91 Å². The monoisotopic (exact) mass is 351 g/mol. The molecule has 1 N–H and O–H groups in total. The van der Waals surface area contributed by atoms with E-state index in [4.69, 9.17) is 14.2 Å². The molecular formula is C18H25NO6. The van der Waals surface area contributed by atoms with Crippen molar-refractivity contribution in [2.75, 3.05) is 20.8 Å². The molecule has 0 aromatic heterocycles. The molecule has 0 spiro atoms. The Morgan fingerprint density at radius 1 is 1.20 bits per heavy atom. The second kappa shape index (κ2) is 9.66. The molecule has 0 saturated heterocycles. The third kappa shape index (κ3) is 5.77. The van der Waals surface area contributed by atoms with Gasteiger partial charge in [0.05, 0.1) is 19.8 Å². The van der Waals surface area contributed by atoms with E-state index in [1.54, 1.807) is 18.2 Å². The van der Waals surface area contributed by atoms with E-state index in [0.717, 1.165) is 5.56 Å². The fraction of sp³-hybridized carbons (Fsp3) is 0.500. The standard InChI is InChI=1S/C18H25NO6/c1-6-11(2)16(18(22)24-5)19-15(20)10-25-17(21)13-8-7-12(3)14(9-13)23-4/h7-9,11,16H,6,10H2,1-5H3,(H,19,20)/t11-,16+/m1/s1. The number of carbonyl (C=O) groups excluding carboxylic acids is 3. The van der Waals surface area contributed by atoms with Crippen LogP contribution in [0.3, 0.4) is 0 Å². The summed E-state index contributed by atoms with van der Waals surface area (Å²) in [5.74, 6) is -1.29. The van der Waals surface area contributed by atoms with Gasteiger partial charge in [-0.05, 0) is 30.5 Å². The summed E-state index contributed by atoms with van der Waals surface area (Å²) in [5.41, 5.74) is 1.16. The van der Waals surface area contributed by atoms with Crippen molar-refractivity contribution in [2.45, 2.75) is 33.2 Å². The van der Waals surface area contributed by atoms with Gasteiger partial charge in [0.2, 0.25) is 0 Å². The van der Waals surface area contributed by atoms with Crippen molar-refractivity contribution in [3.05, 3.63) is 29.3 Å². The van der Waals surface area contributed by atoms with Crippen LogP contribution in [0.25, 0.3) is 0 Å². The lowest BCUT2D eigenvalue weighted by atomic mass is 9.99. The highest BCUT2D eigenvalue weighted by Gasteiger charge is 2.27. The predicted octanol–water partition coefficient (Wildman–Crippen LogP) is 1.86. The fourth-order valence-corrected chi connectivity index (χ4v) is 2.17. The molecule has 25 heavy (non-hydrogen) atoms. The van der Waals surface area contributed by atoms with Crippen LogP contribution in [0.15, 0.2) is 18.2 Å². The molecule has 0 heterocycles. The van der Waals surface area contributed by atoms with Gasteiger partial charge in [0.1, 0.15) is 11.8 Å². The van der Waals surface area contributed by atoms with E-state index >= 15 is 0 Å². The highest BCUT2D eigenvalue weighted by Crippen LogP contribution is 2.19. The number of esters is 2. The molecule has 0 bridgehead atoms. The molecule has 0 aliphatic heterocycles. The lowest BCUT2D eigenvalue weighted by molar-refractivity contribution is -0.147. The third-order valence-electron chi connectivity index (χ3n) is 3.96. The summed E-state index contributed by atoms with van der Waals surface area (Å²) in [6.07, 6.45) is 0.684. The lowest BCUT2D eigenvalue weighted by Crippen LogP contribution is -2.47. The van der Waals surface area contributed by atoms with Crippen molar-refractivity contribution in [3.63, 3.8) is 0 Å². The van der Waals surface area contributed by atoms with Crippen molar-refractivity contribution in [1.29, 1.82) is 0 Å². The molecule has 0 aliphatic rings. The first-order valence-corrected chi connectivity index (χ1v) is 8.02. The molecule has 1 aromatic rings. The second-order valence-corrected chi connectivity index (χ2v) is 5.71. The maximum absolute atomic E-state index is 12.0. The van der Waals surface area contributed by atoms with Crippen LogP contribution in [0.4, 0.5) is 0 Å². The van der Waals surface area contributed by atoms with Gasteiger partial charge in [-0.25, -0.2) is 9.59 Å². The van der Waals surface area contributed by atoms with Gasteiger partial charge in [0.15, 0.2) is 6.61 Å². The molecule has 0 saturated carbocycles. The Balaban J connectivity index is 2.65. The first kappa shape index (κ1) is 20.5. The number of aryl methyl sites for hydroxylation is 1. The second-order valence-electron chi connectivity index (χ2n) is 5.71. The van der Waals surface area contributed by atoms with Gasteiger partial charge in [-0.2, -0.15) is 0 Å². The van der Waals surface area contributed by atoms with Crippen LogP contribution in [0.1, 0.15) is 36.2 Å². The van der Waals surface area contributed by atoms with E-state index in [1.807, 2.05) is 20.8 Å². The van der Waals surface area contributed by atoms with Crippen molar-refractivity contribution < 1.29 is 28.6 Å². The van der Waals surface area contributed by atoms with E-state index < -0.39 is 30.5 Å². The molecule has 1 rings (SSSR count). The van der Waals surface area contributed by atoms with Crippen LogP contribution in [0, 0.1) is 12.8 Å². The van der Waals surface area contributed by atoms with Gasteiger partial charge >= 0.3 is 11.9 Å². The number of hydrogen-bond donors (Lipinski definition) is 1. The van der Waals surface area contributed by atoms with Crippen molar-refractivity contribution in [2.24, 2.45) is 5.92 Å². The molecule has 0 aliphatic carbocycles. The van der Waals surface area contributed by atoms with Gasteiger partial charge in [-0.1, -0.05) is 26.3 Å². The molecule has 1 amide bonds. The largest absolute Gasteiger partial charge is 0.496 e. The summed E-state index contributed by atoms with van der Waals surface area (Å²) in [5, 5.41) is 2.54. The van der Waals surface area contributed by atoms with Crippen LogP contribution in [-0.4, -0.2) is 44.7 Å². The number of carbonyl (C=O) groups is 3. The molecule has 0 radical (unpaired) electrons. The maximum atomic E-state index is 12.0. The highest BCUT2D eigenvalue weighted by atomic mass is 16.5. The van der Waals surface area contributed by atoms with E-state index in [9.17, 15) is 14.4 Å². The van der Waals surface area contributed by atoms with E-state index in [1.165, 1.54) is 14.2 Å². The number of nitrogens with one attached hydrogen (secondary N) is 1. The number of rotatable bonds is 8. The maximum Gasteiger partial charge on any atom is 0.338 e. The zero-order valence-electron chi connectivity index (χ0n) is 15.3. The lowest BCUT2D eigenvalue weighted by Gasteiger charge is -2.21. The SMILES string of the molecule is CC[C@@H](C)[C@H](NC(=O)COC(=O)c1ccc(C)c(OC)c1)C(=O)OC. The number of methoxy groups -OCH3 is 2. The third-order valence-corrected chi connectivity index (χ3v) is 3.96. The summed E-state index contributed by atoms with van der Waals surface area (Å²) in [4.78, 5) is 35.8. The number of amides is 1. The van der Waals surface area contributed by atoms with Crippen LogP contribution < -0.4 is 10.1 Å². The Morgan fingerprint density at radius 2 is 1.88 bits per heavy atom. The summed E-state index contributed by atoms with van der Waals surface area (Å²) >= 11 is 0. The quantitative estimate of drug-likeness (QED) is 0.719. The van der Waals surface area contributed by atoms with Crippen molar-refractivity contribution >= 4 is 17.8 Å². The molecule has 1 aromatic carbocycles. The van der Waals surface area contributed by atoms with E-state index in [2.05, 4.69) is 5.32 Å². The summed E-state index contributed by atoms with van der Waals surface area (Å²) in [7, 11) is 2.77. The Hall–Kier alpha value is -2.57. The first-order valence-electron chi connectivity index (χ1n) is 8.02. The molecular weight excluding hydrogens is 326 g/mol. The van der Waals surface area contributed by atoms with Crippen LogP contribution >= 0.6 is 0 Å². The van der Waals surface area contributed by atoms with Gasteiger partial charge in [-0.3, -0.25) is 4.79 Å². The average Bonchev–Trinajstić information content (AvgIpc) is 2.63. The van der Waals surface area contributed by atoms with Gasteiger partial charge in [-0.15, -0.1) is 0 Å². The van der Waals surface area contributed by atoms with Gasteiger partial charge in [0, 0.05) is 0 Å². The summed E-state index contributed by atoms with van der Waals surface area (Å²) in [6.45, 7) is 5.09. The Bertz CT molecular complexity index is 628. The highest BCUT2D eigenvalue weighted by molar-refractivity contribution is 5.92. The van der Waals surface area contributed by atoms with E-state index in [-0.39, 0.29) is 11.5 Å². The average molecular weight is 351 g/mol. The Morgan fingerprint density at radius 3 is 2.44 bits per heavy atom. The van der Waals surface area contributed by atoms with Gasteiger partial charge < -0.3 is 19.5 Å². The number of hydrogen-bond acceptors (Lipinski definition) is 6. The zero-order valence-corrected chi connectivity index (χ0v) is 15.3. The van der Waals surface area contributed by atoms with Crippen LogP contribution in [-0.2, 0) is 19.1 Å².